The Bertz CT molecular complexity index is 1010. The molecule has 0 spiro atoms. The van der Waals surface area contributed by atoms with E-state index in [-0.39, 0.29) is 24.4 Å². The number of anilines is 1. The largest absolute Gasteiger partial charge is 0.497 e. The molecule has 8 heteroatoms. The minimum absolute atomic E-state index is 0.0766. The third-order valence-electron chi connectivity index (χ3n) is 4.29. The van der Waals surface area contributed by atoms with Crippen molar-refractivity contribution in [2.75, 3.05) is 26.0 Å². The highest BCUT2D eigenvalue weighted by molar-refractivity contribution is 6.00. The number of rotatable bonds is 6. The van der Waals surface area contributed by atoms with Gasteiger partial charge in [-0.25, -0.2) is 4.68 Å². The number of ether oxygens (including phenoxy) is 1. The Morgan fingerprint density at radius 1 is 1.21 bits per heavy atom. The van der Waals surface area contributed by atoms with Crippen molar-refractivity contribution >= 4 is 28.5 Å². The van der Waals surface area contributed by atoms with Crippen LogP contribution in [0.5, 0.6) is 5.75 Å². The van der Waals surface area contributed by atoms with E-state index in [2.05, 4.69) is 15.6 Å². The summed E-state index contributed by atoms with van der Waals surface area (Å²) in [6.07, 6.45) is 0. The van der Waals surface area contributed by atoms with Crippen LogP contribution in [-0.2, 0) is 4.79 Å². The van der Waals surface area contributed by atoms with Gasteiger partial charge in [-0.15, -0.1) is 5.10 Å². The molecule has 0 aliphatic rings. The van der Waals surface area contributed by atoms with Crippen LogP contribution in [0.4, 0.5) is 5.69 Å². The first-order valence-corrected chi connectivity index (χ1v) is 8.93. The van der Waals surface area contributed by atoms with Crippen LogP contribution in [0, 0.1) is 0 Å². The van der Waals surface area contributed by atoms with Gasteiger partial charge in [-0.1, -0.05) is 11.3 Å². The van der Waals surface area contributed by atoms with Gasteiger partial charge in [-0.05, 0) is 44.2 Å². The van der Waals surface area contributed by atoms with Crippen molar-refractivity contribution in [2.45, 2.75) is 19.9 Å². The molecule has 28 heavy (non-hydrogen) atoms. The molecule has 1 heterocycles. The van der Waals surface area contributed by atoms with E-state index in [4.69, 9.17) is 4.74 Å². The van der Waals surface area contributed by atoms with Crippen LogP contribution in [0.25, 0.3) is 11.0 Å². The zero-order valence-electron chi connectivity index (χ0n) is 16.3. The summed E-state index contributed by atoms with van der Waals surface area (Å²) in [5.41, 5.74) is 2.58. The maximum Gasteiger partial charge on any atom is 0.254 e. The summed E-state index contributed by atoms with van der Waals surface area (Å²) in [5, 5.41) is 11.0. The zero-order valence-corrected chi connectivity index (χ0v) is 16.3. The van der Waals surface area contributed by atoms with E-state index in [1.54, 1.807) is 55.2 Å². The molecule has 0 unspecified atom stereocenters. The molecule has 3 rings (SSSR count). The highest BCUT2D eigenvalue weighted by Crippen LogP contribution is 2.19. The summed E-state index contributed by atoms with van der Waals surface area (Å²) in [6.45, 7) is 3.95. The van der Waals surface area contributed by atoms with Crippen LogP contribution in [0.2, 0.25) is 0 Å². The topological polar surface area (TPSA) is 89.3 Å². The van der Waals surface area contributed by atoms with Crippen molar-refractivity contribution in [1.29, 1.82) is 0 Å². The highest BCUT2D eigenvalue weighted by atomic mass is 16.5. The average molecular weight is 381 g/mol. The maximum absolute atomic E-state index is 12.7. The van der Waals surface area contributed by atoms with Gasteiger partial charge in [0.2, 0.25) is 5.91 Å². The van der Waals surface area contributed by atoms with E-state index in [0.29, 0.717) is 22.5 Å². The van der Waals surface area contributed by atoms with Gasteiger partial charge >= 0.3 is 0 Å². The molecule has 0 aliphatic carbocycles. The van der Waals surface area contributed by atoms with Crippen LogP contribution in [0.1, 0.15) is 30.2 Å². The number of carbonyl (C=O) groups is 2. The Kier molecular flexibility index (Phi) is 5.58. The van der Waals surface area contributed by atoms with E-state index in [0.717, 1.165) is 5.52 Å². The number of benzene rings is 2. The first-order valence-electron chi connectivity index (χ1n) is 8.93. The molecule has 0 fully saturated rings. The Morgan fingerprint density at radius 2 is 2.00 bits per heavy atom. The summed E-state index contributed by atoms with van der Waals surface area (Å²) in [7, 11) is 3.15. The number of aromatic nitrogens is 3. The van der Waals surface area contributed by atoms with Gasteiger partial charge in [0.1, 0.15) is 11.3 Å². The molecule has 1 aromatic heterocycles. The molecule has 0 atom stereocenters. The van der Waals surface area contributed by atoms with Crippen LogP contribution < -0.4 is 10.1 Å². The van der Waals surface area contributed by atoms with Crippen molar-refractivity contribution in [2.24, 2.45) is 0 Å². The summed E-state index contributed by atoms with van der Waals surface area (Å²) < 4.78 is 6.94. The van der Waals surface area contributed by atoms with Crippen molar-refractivity contribution in [1.82, 2.24) is 19.9 Å². The standard InChI is InChI=1S/C20H23N5O3/c1-13(2)25-18-9-8-14(10-17(18)22-23-25)20(27)24(3)12-19(26)21-15-6-5-7-16(11-15)28-4/h5-11,13H,12H2,1-4H3,(H,21,26). The number of fused-ring (bicyclic) bond motifs is 1. The number of methoxy groups -OCH3 is 1. The Morgan fingerprint density at radius 3 is 2.71 bits per heavy atom. The minimum atomic E-state index is -0.295. The van der Waals surface area contributed by atoms with Gasteiger partial charge in [-0.2, -0.15) is 0 Å². The zero-order chi connectivity index (χ0) is 20.3. The van der Waals surface area contributed by atoms with Gasteiger partial charge in [0.15, 0.2) is 0 Å². The van der Waals surface area contributed by atoms with Gasteiger partial charge in [0, 0.05) is 30.4 Å². The fourth-order valence-electron chi connectivity index (χ4n) is 2.87. The fourth-order valence-corrected chi connectivity index (χ4v) is 2.87. The van der Waals surface area contributed by atoms with E-state index in [1.807, 2.05) is 19.9 Å². The van der Waals surface area contributed by atoms with E-state index < -0.39 is 0 Å². The molecule has 0 bridgehead atoms. The predicted octanol–water partition coefficient (Wildman–Crippen LogP) is 2.73. The lowest BCUT2D eigenvalue weighted by Crippen LogP contribution is -2.34. The quantitative estimate of drug-likeness (QED) is 0.709. The first kappa shape index (κ1) is 19.3. The number of hydrogen-bond donors (Lipinski definition) is 1. The predicted molar refractivity (Wildman–Crippen MR) is 106 cm³/mol. The van der Waals surface area contributed by atoms with Crippen molar-refractivity contribution in [3.63, 3.8) is 0 Å². The summed E-state index contributed by atoms with van der Waals surface area (Å²) in [6, 6.07) is 12.5. The van der Waals surface area contributed by atoms with Crippen LogP contribution in [-0.4, -0.2) is 52.4 Å². The SMILES string of the molecule is COc1cccc(NC(=O)CN(C)C(=O)c2ccc3c(c2)nnn3C(C)C)c1. The molecule has 3 aromatic rings. The lowest BCUT2D eigenvalue weighted by molar-refractivity contribution is -0.116. The third kappa shape index (κ3) is 4.11. The van der Waals surface area contributed by atoms with Crippen molar-refractivity contribution in [3.8, 4) is 5.75 Å². The molecule has 0 saturated heterocycles. The molecular formula is C20H23N5O3. The number of nitrogens with zero attached hydrogens (tertiary/aromatic N) is 4. The van der Waals surface area contributed by atoms with E-state index >= 15 is 0 Å². The summed E-state index contributed by atoms with van der Waals surface area (Å²) in [5.74, 6) is 0.0858. The van der Waals surface area contributed by atoms with Gasteiger partial charge in [0.25, 0.3) is 5.91 Å². The Balaban J connectivity index is 1.68. The third-order valence-corrected chi connectivity index (χ3v) is 4.29. The molecular weight excluding hydrogens is 358 g/mol. The Labute approximate surface area is 163 Å². The summed E-state index contributed by atoms with van der Waals surface area (Å²) >= 11 is 0. The monoisotopic (exact) mass is 381 g/mol. The number of likely N-dealkylation sites (N-methyl/N-ethyl adjacent to an activating group) is 1. The second-order valence-corrected chi connectivity index (χ2v) is 6.77. The minimum Gasteiger partial charge on any atom is -0.497 e. The smallest absolute Gasteiger partial charge is 0.254 e. The molecule has 0 radical (unpaired) electrons. The van der Waals surface area contributed by atoms with E-state index in [9.17, 15) is 9.59 Å². The average Bonchev–Trinajstić information content (AvgIpc) is 3.10. The van der Waals surface area contributed by atoms with Crippen LogP contribution >= 0.6 is 0 Å². The van der Waals surface area contributed by atoms with Gasteiger partial charge < -0.3 is 15.0 Å². The first-order chi connectivity index (χ1) is 13.4. The number of hydrogen-bond acceptors (Lipinski definition) is 5. The van der Waals surface area contributed by atoms with Gasteiger partial charge in [-0.3, -0.25) is 9.59 Å². The number of amides is 2. The lowest BCUT2D eigenvalue weighted by Gasteiger charge is -2.17. The number of carbonyl (C=O) groups excluding carboxylic acids is 2. The highest BCUT2D eigenvalue weighted by Gasteiger charge is 2.17. The van der Waals surface area contributed by atoms with Crippen molar-refractivity contribution < 1.29 is 14.3 Å². The molecule has 8 nitrogen and oxygen atoms in total. The van der Waals surface area contributed by atoms with E-state index in [1.165, 1.54) is 4.90 Å². The van der Waals surface area contributed by atoms with Gasteiger partial charge in [0.05, 0.1) is 19.2 Å². The molecule has 0 aliphatic heterocycles. The lowest BCUT2D eigenvalue weighted by atomic mass is 10.1. The van der Waals surface area contributed by atoms with Crippen LogP contribution in [0.15, 0.2) is 42.5 Å². The Hall–Kier alpha value is -3.42. The molecule has 146 valence electrons. The fraction of sp³-hybridized carbons (Fsp3) is 0.300. The maximum atomic E-state index is 12.7. The second-order valence-electron chi connectivity index (χ2n) is 6.77. The van der Waals surface area contributed by atoms with Crippen molar-refractivity contribution in [3.05, 3.63) is 48.0 Å². The summed E-state index contributed by atoms with van der Waals surface area (Å²) in [4.78, 5) is 26.3. The molecule has 2 aromatic carbocycles. The number of nitrogens with one attached hydrogen (secondary N) is 1. The molecule has 0 saturated carbocycles. The normalized spacial score (nSPS) is 10.9. The second kappa shape index (κ2) is 8.08. The molecule has 2 amide bonds. The van der Waals surface area contributed by atoms with Crippen LogP contribution in [0.3, 0.4) is 0 Å². The molecule has 1 N–H and O–H groups in total.